The van der Waals surface area contributed by atoms with Gasteiger partial charge in [0.1, 0.15) is 0 Å². The van der Waals surface area contributed by atoms with Gasteiger partial charge in [-0.1, -0.05) is 13.8 Å². The molecule has 1 aromatic rings. The first kappa shape index (κ1) is 12.6. The fourth-order valence-corrected chi connectivity index (χ4v) is 1.47. The minimum absolute atomic E-state index is 0.00525. The average molecular weight is 222 g/mol. The second-order valence-corrected chi connectivity index (χ2v) is 4.07. The predicted molar refractivity (Wildman–Crippen MR) is 62.0 cm³/mol. The third kappa shape index (κ3) is 3.62. The number of rotatable bonds is 5. The third-order valence-corrected chi connectivity index (χ3v) is 2.50. The standard InChI is InChI=1S/C12H18N2O2/c1-9(2)11(5-8-15)14-12(16)10-3-6-13-7-4-10/h3-4,6-7,9,11,15H,5,8H2,1-2H3,(H,14,16). The van der Waals surface area contributed by atoms with Crippen LogP contribution in [0.25, 0.3) is 0 Å². The summed E-state index contributed by atoms with van der Waals surface area (Å²) in [5, 5.41) is 11.8. The Morgan fingerprint density at radius 2 is 2.06 bits per heavy atom. The van der Waals surface area contributed by atoms with Crippen LogP contribution in [0, 0.1) is 5.92 Å². The molecule has 1 amide bonds. The summed E-state index contributed by atoms with van der Waals surface area (Å²) in [5.41, 5.74) is 0.596. The normalized spacial score (nSPS) is 12.5. The van der Waals surface area contributed by atoms with Crippen molar-refractivity contribution in [3.63, 3.8) is 0 Å². The molecule has 1 heterocycles. The number of nitrogens with one attached hydrogen (secondary N) is 1. The van der Waals surface area contributed by atoms with Crippen LogP contribution in [0.3, 0.4) is 0 Å². The summed E-state index contributed by atoms with van der Waals surface area (Å²) in [5.74, 6) is 0.187. The quantitative estimate of drug-likeness (QED) is 0.787. The lowest BCUT2D eigenvalue weighted by Gasteiger charge is -2.21. The van der Waals surface area contributed by atoms with Gasteiger partial charge in [-0.2, -0.15) is 0 Å². The van der Waals surface area contributed by atoms with Gasteiger partial charge in [-0.3, -0.25) is 9.78 Å². The fraction of sp³-hybridized carbons (Fsp3) is 0.500. The molecule has 0 saturated heterocycles. The van der Waals surface area contributed by atoms with Crippen molar-refractivity contribution in [3.8, 4) is 0 Å². The maximum absolute atomic E-state index is 11.8. The van der Waals surface area contributed by atoms with E-state index < -0.39 is 0 Å². The van der Waals surface area contributed by atoms with E-state index >= 15 is 0 Å². The van der Waals surface area contributed by atoms with Crippen LogP contribution in [0.4, 0.5) is 0 Å². The Kier molecular flexibility index (Phi) is 4.92. The van der Waals surface area contributed by atoms with Gasteiger partial charge in [0.2, 0.25) is 0 Å². The zero-order valence-electron chi connectivity index (χ0n) is 9.68. The highest BCUT2D eigenvalue weighted by molar-refractivity contribution is 5.94. The van der Waals surface area contributed by atoms with E-state index in [0.29, 0.717) is 17.9 Å². The van der Waals surface area contributed by atoms with E-state index in [-0.39, 0.29) is 18.6 Å². The SMILES string of the molecule is CC(C)C(CCO)NC(=O)c1ccncc1. The minimum Gasteiger partial charge on any atom is -0.396 e. The van der Waals surface area contributed by atoms with E-state index in [1.54, 1.807) is 24.5 Å². The number of nitrogens with zero attached hydrogens (tertiary/aromatic N) is 1. The van der Waals surface area contributed by atoms with Crippen LogP contribution in [-0.4, -0.2) is 28.6 Å². The molecule has 0 aliphatic carbocycles. The van der Waals surface area contributed by atoms with Gasteiger partial charge in [-0.15, -0.1) is 0 Å². The molecule has 0 radical (unpaired) electrons. The molecule has 1 unspecified atom stereocenters. The Hall–Kier alpha value is -1.42. The highest BCUT2D eigenvalue weighted by Crippen LogP contribution is 2.07. The monoisotopic (exact) mass is 222 g/mol. The number of carbonyl (C=O) groups excluding carboxylic acids is 1. The second kappa shape index (κ2) is 6.23. The molecule has 4 nitrogen and oxygen atoms in total. The Morgan fingerprint density at radius 3 is 2.56 bits per heavy atom. The molecule has 0 aliphatic rings. The largest absolute Gasteiger partial charge is 0.396 e. The average Bonchev–Trinajstić information content (AvgIpc) is 2.29. The molecular formula is C12H18N2O2. The second-order valence-electron chi connectivity index (χ2n) is 4.07. The first-order chi connectivity index (χ1) is 7.65. The van der Waals surface area contributed by atoms with E-state index in [1.165, 1.54) is 0 Å². The van der Waals surface area contributed by atoms with Crippen molar-refractivity contribution in [2.75, 3.05) is 6.61 Å². The van der Waals surface area contributed by atoms with Gasteiger partial charge in [0.15, 0.2) is 0 Å². The van der Waals surface area contributed by atoms with Crippen molar-refractivity contribution in [2.45, 2.75) is 26.3 Å². The highest BCUT2D eigenvalue weighted by Gasteiger charge is 2.16. The van der Waals surface area contributed by atoms with Gasteiger partial charge in [0.25, 0.3) is 5.91 Å². The van der Waals surface area contributed by atoms with E-state index in [9.17, 15) is 4.79 Å². The fourth-order valence-electron chi connectivity index (χ4n) is 1.47. The van der Waals surface area contributed by atoms with Crippen LogP contribution in [0.15, 0.2) is 24.5 Å². The summed E-state index contributed by atoms with van der Waals surface area (Å²) in [4.78, 5) is 15.7. The minimum atomic E-state index is -0.116. The molecule has 4 heteroatoms. The molecule has 1 atom stereocenters. The van der Waals surface area contributed by atoms with Gasteiger partial charge in [-0.25, -0.2) is 0 Å². The Morgan fingerprint density at radius 1 is 1.44 bits per heavy atom. The Labute approximate surface area is 95.7 Å². The topological polar surface area (TPSA) is 62.2 Å². The van der Waals surface area contributed by atoms with Crippen LogP contribution in [0.2, 0.25) is 0 Å². The molecule has 16 heavy (non-hydrogen) atoms. The van der Waals surface area contributed by atoms with E-state index in [0.717, 1.165) is 0 Å². The number of pyridine rings is 1. The van der Waals surface area contributed by atoms with Crippen molar-refractivity contribution in [1.29, 1.82) is 0 Å². The lowest BCUT2D eigenvalue weighted by molar-refractivity contribution is 0.0916. The van der Waals surface area contributed by atoms with E-state index in [4.69, 9.17) is 5.11 Å². The maximum Gasteiger partial charge on any atom is 0.251 e. The smallest absolute Gasteiger partial charge is 0.251 e. The number of hydrogen-bond donors (Lipinski definition) is 2. The molecular weight excluding hydrogens is 204 g/mol. The number of amides is 1. The summed E-state index contributed by atoms with van der Waals surface area (Å²) >= 11 is 0. The van der Waals surface area contributed by atoms with Crippen LogP contribution in [0.1, 0.15) is 30.6 Å². The zero-order chi connectivity index (χ0) is 12.0. The molecule has 1 rings (SSSR count). The van der Waals surface area contributed by atoms with Crippen molar-refractivity contribution in [3.05, 3.63) is 30.1 Å². The molecule has 2 N–H and O–H groups in total. The van der Waals surface area contributed by atoms with Gasteiger partial charge in [-0.05, 0) is 24.5 Å². The van der Waals surface area contributed by atoms with E-state index in [1.807, 2.05) is 13.8 Å². The van der Waals surface area contributed by atoms with Crippen molar-refractivity contribution in [1.82, 2.24) is 10.3 Å². The summed E-state index contributed by atoms with van der Waals surface area (Å²) in [6.07, 6.45) is 3.76. The number of aliphatic hydroxyl groups excluding tert-OH is 1. The summed E-state index contributed by atoms with van der Waals surface area (Å²) in [6, 6.07) is 3.35. The molecule has 0 aliphatic heterocycles. The highest BCUT2D eigenvalue weighted by atomic mass is 16.3. The Bertz CT molecular complexity index is 325. The van der Waals surface area contributed by atoms with Crippen molar-refractivity contribution < 1.29 is 9.90 Å². The molecule has 0 bridgehead atoms. The maximum atomic E-state index is 11.8. The molecule has 1 aromatic heterocycles. The van der Waals surface area contributed by atoms with Crippen LogP contribution in [0.5, 0.6) is 0 Å². The number of hydrogen-bond acceptors (Lipinski definition) is 3. The van der Waals surface area contributed by atoms with Crippen LogP contribution in [-0.2, 0) is 0 Å². The van der Waals surface area contributed by atoms with Crippen LogP contribution < -0.4 is 5.32 Å². The number of aromatic nitrogens is 1. The van der Waals surface area contributed by atoms with Gasteiger partial charge in [0.05, 0.1) is 0 Å². The molecule has 0 fully saturated rings. The first-order valence-corrected chi connectivity index (χ1v) is 5.47. The number of carbonyl (C=O) groups is 1. The van der Waals surface area contributed by atoms with Crippen molar-refractivity contribution >= 4 is 5.91 Å². The first-order valence-electron chi connectivity index (χ1n) is 5.47. The molecule has 0 saturated carbocycles. The lowest BCUT2D eigenvalue weighted by atomic mass is 10.0. The third-order valence-electron chi connectivity index (χ3n) is 2.50. The van der Waals surface area contributed by atoms with Crippen LogP contribution >= 0.6 is 0 Å². The number of aliphatic hydroxyl groups is 1. The molecule has 0 spiro atoms. The summed E-state index contributed by atoms with van der Waals surface area (Å²) < 4.78 is 0. The van der Waals surface area contributed by atoms with Gasteiger partial charge >= 0.3 is 0 Å². The zero-order valence-corrected chi connectivity index (χ0v) is 9.68. The van der Waals surface area contributed by atoms with E-state index in [2.05, 4.69) is 10.3 Å². The predicted octanol–water partition coefficient (Wildman–Crippen LogP) is 1.22. The van der Waals surface area contributed by atoms with Gasteiger partial charge < -0.3 is 10.4 Å². The molecule has 0 aromatic carbocycles. The molecule has 88 valence electrons. The summed E-state index contributed by atoms with van der Waals surface area (Å²) in [7, 11) is 0. The van der Waals surface area contributed by atoms with Crippen molar-refractivity contribution in [2.24, 2.45) is 5.92 Å². The lowest BCUT2D eigenvalue weighted by Crippen LogP contribution is -2.39. The summed E-state index contributed by atoms with van der Waals surface area (Å²) in [6.45, 7) is 4.12. The van der Waals surface area contributed by atoms with Gasteiger partial charge in [0, 0.05) is 30.6 Å². The Balaban J connectivity index is 2.62.